The molecule has 5 nitrogen and oxygen atoms in total. The lowest BCUT2D eigenvalue weighted by Gasteiger charge is -2.06. The molecule has 0 N–H and O–H groups in total. The minimum Gasteiger partial charge on any atom is -0.304 e. The molecule has 0 fully saturated rings. The molecule has 1 aromatic carbocycles. The van der Waals surface area contributed by atoms with E-state index >= 15 is 0 Å². The monoisotopic (exact) mass is 353 g/mol. The summed E-state index contributed by atoms with van der Waals surface area (Å²) in [6.45, 7) is 2.00. The Hall–Kier alpha value is -2.25. The van der Waals surface area contributed by atoms with Gasteiger partial charge in [0, 0.05) is 12.8 Å². The van der Waals surface area contributed by atoms with Gasteiger partial charge < -0.3 is 4.57 Å². The Balaban J connectivity index is 1.58. The van der Waals surface area contributed by atoms with Crippen LogP contribution in [0.25, 0.3) is 21.7 Å². The van der Waals surface area contributed by atoms with Crippen molar-refractivity contribution in [1.29, 1.82) is 0 Å². The van der Waals surface area contributed by atoms with Crippen LogP contribution in [0.1, 0.15) is 11.4 Å². The molecule has 0 saturated heterocycles. The molecule has 4 rings (SSSR count). The Labute approximate surface area is 147 Å². The molecule has 4 aromatic rings. The van der Waals surface area contributed by atoms with Gasteiger partial charge in [0.05, 0.1) is 27.3 Å². The van der Waals surface area contributed by atoms with Crippen LogP contribution in [0, 0.1) is 6.92 Å². The fourth-order valence-electron chi connectivity index (χ4n) is 2.46. The van der Waals surface area contributed by atoms with Crippen LogP contribution in [0.2, 0.25) is 0 Å². The summed E-state index contributed by atoms with van der Waals surface area (Å²) >= 11 is 3.30. The van der Waals surface area contributed by atoms with Gasteiger partial charge >= 0.3 is 0 Å². The van der Waals surface area contributed by atoms with Crippen LogP contribution in [-0.4, -0.2) is 24.7 Å². The van der Waals surface area contributed by atoms with Gasteiger partial charge in [0.2, 0.25) is 0 Å². The number of aromatic nitrogens is 5. The van der Waals surface area contributed by atoms with Crippen LogP contribution in [0.15, 0.2) is 46.9 Å². The van der Waals surface area contributed by atoms with Crippen LogP contribution >= 0.6 is 23.1 Å². The predicted octanol–water partition coefficient (Wildman–Crippen LogP) is 4.09. The fraction of sp³-hybridized carbons (Fsp3) is 0.176. The van der Waals surface area contributed by atoms with Gasteiger partial charge in [0.1, 0.15) is 0 Å². The predicted molar refractivity (Wildman–Crippen MR) is 98.2 cm³/mol. The van der Waals surface area contributed by atoms with E-state index in [1.807, 2.05) is 54.3 Å². The molecule has 0 radical (unpaired) electrons. The molecule has 0 spiro atoms. The zero-order valence-corrected chi connectivity index (χ0v) is 14.9. The molecule has 0 bridgehead atoms. The van der Waals surface area contributed by atoms with Crippen LogP contribution in [0.3, 0.4) is 0 Å². The summed E-state index contributed by atoms with van der Waals surface area (Å²) in [6, 6.07) is 12.0. The average molecular weight is 353 g/mol. The Bertz CT molecular complexity index is 992. The van der Waals surface area contributed by atoms with Crippen molar-refractivity contribution < 1.29 is 0 Å². The third kappa shape index (κ3) is 2.81. The van der Waals surface area contributed by atoms with Gasteiger partial charge in [-0.05, 0) is 30.5 Å². The zero-order chi connectivity index (χ0) is 16.5. The first-order valence-corrected chi connectivity index (χ1v) is 9.37. The summed E-state index contributed by atoms with van der Waals surface area (Å²) in [6.07, 6.45) is 0. The SMILES string of the molecule is Cc1nc2ccccc2nc1CSc1nnc(-c2cccs2)n1C. The van der Waals surface area contributed by atoms with Gasteiger partial charge in [0.15, 0.2) is 11.0 Å². The topological polar surface area (TPSA) is 56.5 Å². The summed E-state index contributed by atoms with van der Waals surface area (Å²) in [4.78, 5) is 10.5. The standard InChI is InChI=1S/C17H15N5S2/c1-11-14(19-13-7-4-3-6-12(13)18-11)10-24-17-21-20-16(22(17)2)15-8-5-9-23-15/h3-9H,10H2,1-2H3. The second-order valence-electron chi connectivity index (χ2n) is 5.38. The number of rotatable bonds is 4. The molecule has 0 aliphatic rings. The van der Waals surface area contributed by atoms with E-state index in [-0.39, 0.29) is 0 Å². The van der Waals surface area contributed by atoms with Gasteiger partial charge in [-0.15, -0.1) is 21.5 Å². The molecule has 3 aromatic heterocycles. The van der Waals surface area contributed by atoms with Crippen molar-refractivity contribution in [2.75, 3.05) is 0 Å². The molecular weight excluding hydrogens is 338 g/mol. The number of hydrogen-bond acceptors (Lipinski definition) is 6. The Morgan fingerprint density at radius 2 is 1.83 bits per heavy atom. The van der Waals surface area contributed by atoms with Crippen molar-refractivity contribution >= 4 is 34.1 Å². The second-order valence-corrected chi connectivity index (χ2v) is 7.27. The summed E-state index contributed by atoms with van der Waals surface area (Å²) in [5, 5.41) is 11.6. The molecule has 0 aliphatic heterocycles. The lowest BCUT2D eigenvalue weighted by molar-refractivity contribution is 0.794. The van der Waals surface area contributed by atoms with Crippen molar-refractivity contribution in [3.05, 3.63) is 53.2 Å². The summed E-state index contributed by atoms with van der Waals surface area (Å²) in [5.41, 5.74) is 3.81. The number of thioether (sulfide) groups is 1. The number of aryl methyl sites for hydroxylation is 1. The Morgan fingerprint density at radius 1 is 1.04 bits per heavy atom. The minimum atomic E-state index is 0.722. The number of nitrogens with zero attached hydrogens (tertiary/aromatic N) is 5. The van der Waals surface area contributed by atoms with E-state index < -0.39 is 0 Å². The van der Waals surface area contributed by atoms with Crippen molar-refractivity contribution in [1.82, 2.24) is 24.7 Å². The van der Waals surface area contributed by atoms with Crippen molar-refractivity contribution in [3.8, 4) is 10.7 Å². The molecule has 120 valence electrons. The van der Waals surface area contributed by atoms with E-state index in [4.69, 9.17) is 4.98 Å². The molecule has 0 saturated carbocycles. The lowest BCUT2D eigenvalue weighted by Crippen LogP contribution is -1.98. The normalized spacial score (nSPS) is 11.2. The highest BCUT2D eigenvalue weighted by molar-refractivity contribution is 7.98. The molecule has 0 unspecified atom stereocenters. The molecule has 0 aliphatic carbocycles. The largest absolute Gasteiger partial charge is 0.304 e. The van der Waals surface area contributed by atoms with Gasteiger partial charge in [-0.1, -0.05) is 30.0 Å². The number of thiophene rings is 1. The first-order chi connectivity index (χ1) is 11.7. The maximum absolute atomic E-state index is 4.74. The van der Waals surface area contributed by atoms with E-state index in [1.165, 1.54) is 0 Å². The highest BCUT2D eigenvalue weighted by atomic mass is 32.2. The smallest absolute Gasteiger partial charge is 0.191 e. The zero-order valence-electron chi connectivity index (χ0n) is 13.3. The Morgan fingerprint density at radius 3 is 2.58 bits per heavy atom. The molecule has 0 amide bonds. The van der Waals surface area contributed by atoms with Crippen LogP contribution < -0.4 is 0 Å². The Kier molecular flexibility index (Phi) is 4.03. The quantitative estimate of drug-likeness (QED) is 0.517. The molecule has 3 heterocycles. The number of para-hydroxylation sites is 2. The van der Waals surface area contributed by atoms with Gasteiger partial charge in [0.25, 0.3) is 0 Å². The first kappa shape index (κ1) is 15.3. The number of benzene rings is 1. The summed E-state index contributed by atoms with van der Waals surface area (Å²) in [7, 11) is 2.00. The van der Waals surface area contributed by atoms with Gasteiger partial charge in [-0.3, -0.25) is 0 Å². The van der Waals surface area contributed by atoms with E-state index in [0.29, 0.717) is 0 Å². The fourth-order valence-corrected chi connectivity index (χ4v) is 4.12. The molecule has 24 heavy (non-hydrogen) atoms. The number of hydrogen-bond donors (Lipinski definition) is 0. The van der Waals surface area contributed by atoms with Gasteiger partial charge in [-0.25, -0.2) is 9.97 Å². The van der Waals surface area contributed by atoms with Gasteiger partial charge in [-0.2, -0.15) is 0 Å². The van der Waals surface area contributed by atoms with E-state index in [2.05, 4.69) is 21.2 Å². The molecule has 0 atom stereocenters. The molecule has 7 heteroatoms. The van der Waals surface area contributed by atoms with Crippen LogP contribution in [-0.2, 0) is 12.8 Å². The maximum Gasteiger partial charge on any atom is 0.191 e. The third-order valence-electron chi connectivity index (χ3n) is 3.76. The van der Waals surface area contributed by atoms with Crippen LogP contribution in [0.5, 0.6) is 0 Å². The summed E-state index contributed by atoms with van der Waals surface area (Å²) in [5.74, 6) is 1.62. The average Bonchev–Trinajstić information content (AvgIpc) is 3.23. The second kappa shape index (κ2) is 6.33. The van der Waals surface area contributed by atoms with E-state index in [9.17, 15) is 0 Å². The first-order valence-electron chi connectivity index (χ1n) is 7.50. The van der Waals surface area contributed by atoms with Crippen LogP contribution in [0.4, 0.5) is 0 Å². The van der Waals surface area contributed by atoms with Crippen molar-refractivity contribution in [2.24, 2.45) is 7.05 Å². The van der Waals surface area contributed by atoms with Crippen molar-refractivity contribution in [3.63, 3.8) is 0 Å². The summed E-state index contributed by atoms with van der Waals surface area (Å²) < 4.78 is 2.03. The lowest BCUT2D eigenvalue weighted by atomic mass is 10.2. The maximum atomic E-state index is 4.74. The van der Waals surface area contributed by atoms with E-state index in [1.54, 1.807) is 23.1 Å². The van der Waals surface area contributed by atoms with E-state index in [0.717, 1.165) is 44.0 Å². The van der Waals surface area contributed by atoms with Crippen molar-refractivity contribution in [2.45, 2.75) is 17.8 Å². The highest BCUT2D eigenvalue weighted by Gasteiger charge is 2.13. The minimum absolute atomic E-state index is 0.722. The highest BCUT2D eigenvalue weighted by Crippen LogP contribution is 2.28. The number of fused-ring (bicyclic) bond motifs is 1. The third-order valence-corrected chi connectivity index (χ3v) is 5.65. The molecular formula is C17H15N5S2.